The zero-order valence-electron chi connectivity index (χ0n) is 38.9. The number of fused-ring (bicyclic) bond motifs is 2. The number of carbonyl (C=O) groups is 5. The molecule has 1 saturated heterocycles. The monoisotopic (exact) mass is 950 g/mol. The van der Waals surface area contributed by atoms with Gasteiger partial charge in [0.05, 0.1) is 55.8 Å². The van der Waals surface area contributed by atoms with Gasteiger partial charge in [-0.1, -0.05) is 32.0 Å². The molecular weight excluding hydrogens is 889 g/mol. The van der Waals surface area contributed by atoms with Crippen molar-refractivity contribution in [3.63, 3.8) is 0 Å². The lowest BCUT2D eigenvalue weighted by Gasteiger charge is -2.32. The lowest BCUT2D eigenvalue weighted by atomic mass is 9.76. The molecule has 0 radical (unpaired) electrons. The number of unbranched alkanes of at least 4 members (excludes halogenated alkanes) is 2. The lowest BCUT2D eigenvalue weighted by molar-refractivity contribution is -0.870. The molecule has 0 aromatic heterocycles. The highest BCUT2D eigenvalue weighted by Crippen LogP contribution is 2.49. The molecule has 2 aromatic carbocycles. The Morgan fingerprint density at radius 2 is 1.53 bits per heavy atom. The first-order chi connectivity index (χ1) is 30.6. The number of imide groups is 1. The molecule has 1 fully saturated rings. The Hall–Kier alpha value is -5.34. The van der Waals surface area contributed by atoms with Gasteiger partial charge in [-0.3, -0.25) is 38.0 Å². The summed E-state index contributed by atoms with van der Waals surface area (Å²) >= 11 is 0. The molecule has 2 aromatic rings. The first kappa shape index (κ1) is 50.1. The number of quaternary nitrogens is 1. The van der Waals surface area contributed by atoms with Gasteiger partial charge in [0.1, 0.15) is 18.8 Å². The first-order valence-corrected chi connectivity index (χ1v) is 25.1. The fraction of sp³-hybridized carbons (Fsp3) is 0.489. The molecule has 17 nitrogen and oxygen atoms in total. The number of rotatable bonds is 20. The lowest BCUT2D eigenvalue weighted by Crippen LogP contribution is -2.50. The van der Waals surface area contributed by atoms with Gasteiger partial charge in [-0.2, -0.15) is 21.4 Å². The van der Waals surface area contributed by atoms with Gasteiger partial charge in [0, 0.05) is 72.4 Å². The zero-order valence-corrected chi connectivity index (χ0v) is 40.6. The van der Waals surface area contributed by atoms with Gasteiger partial charge in [0.25, 0.3) is 20.2 Å². The molecule has 6 rings (SSSR count). The number of carbonyl (C=O) groups excluding carboxylic acids is 5. The normalized spacial score (nSPS) is 19.8. The van der Waals surface area contributed by atoms with Gasteiger partial charge in [-0.05, 0) is 69.4 Å². The van der Waals surface area contributed by atoms with Crippen molar-refractivity contribution >= 4 is 66.6 Å². The topological polar surface area (TPSA) is 228 Å². The number of Topliss-reactive ketones (excluding diaryl/α,β-unsaturated/α-hetero) is 2. The van der Waals surface area contributed by atoms with E-state index in [0.29, 0.717) is 36.3 Å². The largest absolute Gasteiger partial charge is 0.372 e. The number of hydrogen-bond donors (Lipinski definition) is 4. The molecule has 4 N–H and O–H groups in total. The van der Waals surface area contributed by atoms with Crippen molar-refractivity contribution in [2.24, 2.45) is 0 Å². The molecule has 4 aliphatic rings. The van der Waals surface area contributed by atoms with Crippen molar-refractivity contribution in [3.05, 3.63) is 88.3 Å². The highest BCUT2D eigenvalue weighted by atomic mass is 32.2. The van der Waals surface area contributed by atoms with E-state index in [9.17, 15) is 49.9 Å². The van der Waals surface area contributed by atoms with E-state index in [-0.39, 0.29) is 59.9 Å². The van der Waals surface area contributed by atoms with Crippen LogP contribution in [0.2, 0.25) is 0 Å². The second-order valence-corrected chi connectivity index (χ2v) is 22.5. The minimum atomic E-state index is -4.79. The van der Waals surface area contributed by atoms with Crippen molar-refractivity contribution in [2.45, 2.75) is 94.4 Å². The van der Waals surface area contributed by atoms with E-state index in [1.54, 1.807) is 29.8 Å². The van der Waals surface area contributed by atoms with Crippen molar-refractivity contribution < 1.29 is 59.0 Å². The van der Waals surface area contributed by atoms with Gasteiger partial charge in [0.15, 0.2) is 17.3 Å². The molecule has 0 saturated carbocycles. The maximum atomic E-state index is 14.7. The van der Waals surface area contributed by atoms with E-state index >= 15 is 0 Å². The molecule has 3 heterocycles. The van der Waals surface area contributed by atoms with Crippen molar-refractivity contribution in [3.8, 4) is 0 Å². The average Bonchev–Trinajstić information content (AvgIpc) is 3.72. The third-order valence-corrected chi connectivity index (χ3v) is 14.4. The Balaban J connectivity index is 1.35. The summed E-state index contributed by atoms with van der Waals surface area (Å²) in [5.41, 5.74) is 3.57. The fourth-order valence-corrected chi connectivity index (χ4v) is 10.4. The van der Waals surface area contributed by atoms with Crippen molar-refractivity contribution in [1.29, 1.82) is 0 Å². The number of nitrogens with one attached hydrogen (secondary N) is 2. The molecular formula is C47H62N6O11S2+2. The quantitative estimate of drug-likeness (QED) is 0.0371. The summed E-state index contributed by atoms with van der Waals surface area (Å²) in [6.45, 7) is 9.10. The molecule has 1 aliphatic carbocycles. The van der Waals surface area contributed by atoms with Gasteiger partial charge < -0.3 is 20.0 Å². The molecule has 1 atom stereocenters. The highest BCUT2D eigenvalue weighted by Gasteiger charge is 2.47. The van der Waals surface area contributed by atoms with Crippen LogP contribution in [-0.4, -0.2) is 141 Å². The summed E-state index contributed by atoms with van der Waals surface area (Å²) in [5.74, 6) is -3.35. The van der Waals surface area contributed by atoms with Gasteiger partial charge in [0.2, 0.25) is 23.4 Å². The number of hydrogen-bond acceptors (Lipinski definition) is 11. The van der Waals surface area contributed by atoms with Crippen molar-refractivity contribution in [1.82, 2.24) is 15.5 Å². The summed E-state index contributed by atoms with van der Waals surface area (Å²) in [4.78, 5) is 67.8. The fourth-order valence-electron chi connectivity index (χ4n) is 9.19. The number of benzene rings is 2. The van der Waals surface area contributed by atoms with Crippen LogP contribution in [0.5, 0.6) is 0 Å². The van der Waals surface area contributed by atoms with Crippen LogP contribution in [0.1, 0.15) is 83.8 Å². The van der Waals surface area contributed by atoms with Crippen LogP contribution in [-0.2, 0) is 55.0 Å². The molecule has 1 unspecified atom stereocenters. The van der Waals surface area contributed by atoms with Crippen LogP contribution in [0, 0.1) is 0 Å². The maximum Gasteiger partial charge on any atom is 0.294 e. The average molecular weight is 951 g/mol. The Kier molecular flexibility index (Phi) is 14.2. The third kappa shape index (κ3) is 10.8. The van der Waals surface area contributed by atoms with E-state index in [2.05, 4.69) is 50.5 Å². The van der Waals surface area contributed by atoms with E-state index in [0.717, 1.165) is 45.7 Å². The number of para-hydroxylation sites is 1. The molecule has 3 aliphatic heterocycles. The second-order valence-electron chi connectivity index (χ2n) is 19.5. The Bertz CT molecular complexity index is 2710. The van der Waals surface area contributed by atoms with Crippen LogP contribution in [0.15, 0.2) is 82.1 Å². The standard InChI is InChI=1S/C47H60N6O11S2/c1-46(2)34-16-9-10-17-38(34)51(23-13-14-24-53(6,7)8)40(46)27-33-43(32(44(33)57)26-39-47(3,4)35-25-31(66(62,63)64)18-19-37(35)50(39)5)49-36(29-65(59,60)61)45(58)48-22-12-11-15-30(54)28-52-41(55)20-21-42(52)56/h9-10,16-19,25-27,36H,11-15,20-24,28-29H2,1-8H3,(H2-2,48,49,57,58,59,60,61,62,63,64)/p+2. The molecule has 3 amide bonds. The van der Waals surface area contributed by atoms with Crippen LogP contribution in [0.3, 0.4) is 0 Å². The summed E-state index contributed by atoms with van der Waals surface area (Å²) in [6, 6.07) is 10.6. The molecule has 0 spiro atoms. The number of likely N-dealkylation sites (tertiary alicyclic amines) is 1. The Morgan fingerprint density at radius 1 is 0.864 bits per heavy atom. The Morgan fingerprint density at radius 3 is 2.17 bits per heavy atom. The predicted octanol–water partition coefficient (Wildman–Crippen LogP) is 3.72. The number of nitrogens with zero attached hydrogens (tertiary/aromatic N) is 4. The highest BCUT2D eigenvalue weighted by molar-refractivity contribution is 7.86. The van der Waals surface area contributed by atoms with Crippen LogP contribution >= 0.6 is 0 Å². The molecule has 19 heteroatoms. The minimum absolute atomic E-state index is 0.0190. The third-order valence-electron chi connectivity index (χ3n) is 12.8. The SMILES string of the molecule is C[N+]1=C(/C=C2\C(=O)C(/C=C3/N(CCCC[N+](C)(C)C)c4ccccc4C3(C)C)=C2NC(CS(=O)(=O)O)C(=O)NCCCCC(=O)CN2C(=O)CCC2=O)C(C)(C)c2cc(S(=O)(=O)O)ccc21. The van der Waals surface area contributed by atoms with E-state index in [4.69, 9.17) is 0 Å². The first-order valence-electron chi connectivity index (χ1n) is 22.1. The number of ketones is 2. The van der Waals surface area contributed by atoms with Crippen LogP contribution in [0.25, 0.3) is 0 Å². The number of amides is 3. The smallest absolute Gasteiger partial charge is 0.294 e. The summed E-state index contributed by atoms with van der Waals surface area (Å²) in [7, 11) is -1.17. The zero-order chi connectivity index (χ0) is 48.7. The van der Waals surface area contributed by atoms with Crippen LogP contribution in [0.4, 0.5) is 11.4 Å². The minimum Gasteiger partial charge on any atom is -0.372 e. The van der Waals surface area contributed by atoms with Crippen LogP contribution < -0.4 is 15.5 Å². The van der Waals surface area contributed by atoms with Gasteiger partial charge in [-0.15, -0.1) is 0 Å². The maximum absolute atomic E-state index is 14.7. The van der Waals surface area contributed by atoms with Gasteiger partial charge in [-0.25, -0.2) is 0 Å². The summed E-state index contributed by atoms with van der Waals surface area (Å²) < 4.78 is 71.9. The van der Waals surface area contributed by atoms with Gasteiger partial charge >= 0.3 is 0 Å². The van der Waals surface area contributed by atoms with E-state index < -0.39 is 66.4 Å². The Labute approximate surface area is 387 Å². The summed E-state index contributed by atoms with van der Waals surface area (Å²) in [5, 5.41) is 5.71. The molecule has 0 bridgehead atoms. The number of anilines is 1. The van der Waals surface area contributed by atoms with Crippen molar-refractivity contribution in [2.75, 3.05) is 65.0 Å². The second kappa shape index (κ2) is 18.7. The van der Waals surface area contributed by atoms with E-state index in [1.165, 1.54) is 12.1 Å². The van der Waals surface area contributed by atoms with E-state index in [1.807, 2.05) is 38.1 Å². The molecule has 66 heavy (non-hydrogen) atoms. The molecule has 356 valence electrons. The predicted molar refractivity (Wildman–Crippen MR) is 248 cm³/mol. The summed E-state index contributed by atoms with van der Waals surface area (Å²) in [6.07, 6.45) is 5.98. The number of allylic oxidation sites excluding steroid dienone is 5.